The molecule has 152 valence electrons. The monoisotopic (exact) mass is 410 g/mol. The summed E-state index contributed by atoms with van der Waals surface area (Å²) in [6.45, 7) is 5.97. The maximum absolute atomic E-state index is 12.5. The third-order valence-electron chi connectivity index (χ3n) is 5.31. The fourth-order valence-electron chi connectivity index (χ4n) is 4.00. The second-order valence-electron chi connectivity index (χ2n) is 7.69. The average Bonchev–Trinajstić information content (AvgIpc) is 2.69. The van der Waals surface area contributed by atoms with Gasteiger partial charge in [0.2, 0.25) is 5.91 Å². The molecule has 0 atom stereocenters. The normalized spacial score (nSPS) is 14.4. The lowest BCUT2D eigenvalue weighted by Crippen LogP contribution is -2.21. The Morgan fingerprint density at radius 1 is 1.24 bits per heavy atom. The lowest BCUT2D eigenvalue weighted by atomic mass is 9.85. The van der Waals surface area contributed by atoms with E-state index in [0.717, 1.165) is 48.1 Å². The first kappa shape index (κ1) is 21.1. The van der Waals surface area contributed by atoms with Crippen LogP contribution < -0.4 is 10.9 Å². The third-order valence-corrected chi connectivity index (χ3v) is 6.18. The van der Waals surface area contributed by atoms with Gasteiger partial charge in [-0.05, 0) is 44.7 Å². The molecular weight excluding hydrogens is 384 g/mol. The molecule has 1 fully saturated rings. The Kier molecular flexibility index (Phi) is 6.75. The van der Waals surface area contributed by atoms with Gasteiger partial charge in [0.05, 0.1) is 11.4 Å². The van der Waals surface area contributed by atoms with Crippen LogP contribution in [0.3, 0.4) is 0 Å². The SMILES string of the molecule is Cc1cc(C)c(NC(=O)CSc2nc(C3CCCCC3)c(C#N)c(=O)[nH]2)c(C)c1. The van der Waals surface area contributed by atoms with Crippen molar-refractivity contribution in [2.75, 3.05) is 11.1 Å². The molecule has 0 spiro atoms. The zero-order chi connectivity index (χ0) is 21.0. The maximum Gasteiger partial charge on any atom is 0.269 e. The highest BCUT2D eigenvalue weighted by atomic mass is 32.2. The van der Waals surface area contributed by atoms with Crippen molar-refractivity contribution in [3.63, 3.8) is 0 Å². The molecular formula is C22H26N4O2S. The first-order valence-electron chi connectivity index (χ1n) is 9.94. The smallest absolute Gasteiger partial charge is 0.269 e. The van der Waals surface area contributed by atoms with Crippen molar-refractivity contribution >= 4 is 23.4 Å². The molecule has 2 N–H and O–H groups in total. The van der Waals surface area contributed by atoms with E-state index in [2.05, 4.69) is 15.3 Å². The quantitative estimate of drug-likeness (QED) is 0.564. The number of nitriles is 1. The second kappa shape index (κ2) is 9.27. The molecule has 1 aromatic carbocycles. The van der Waals surface area contributed by atoms with E-state index in [1.807, 2.05) is 39.0 Å². The molecule has 1 heterocycles. The Balaban J connectivity index is 1.74. The van der Waals surface area contributed by atoms with Gasteiger partial charge in [0, 0.05) is 11.6 Å². The molecule has 1 saturated carbocycles. The number of nitrogens with zero attached hydrogens (tertiary/aromatic N) is 2. The molecule has 0 aliphatic heterocycles. The summed E-state index contributed by atoms with van der Waals surface area (Å²) < 4.78 is 0. The minimum atomic E-state index is -0.420. The van der Waals surface area contributed by atoms with E-state index in [-0.39, 0.29) is 23.1 Å². The molecule has 0 unspecified atom stereocenters. The van der Waals surface area contributed by atoms with E-state index < -0.39 is 5.56 Å². The van der Waals surface area contributed by atoms with Gasteiger partial charge in [0.25, 0.3) is 5.56 Å². The van der Waals surface area contributed by atoms with Crippen LogP contribution >= 0.6 is 11.8 Å². The average molecular weight is 411 g/mol. The van der Waals surface area contributed by atoms with Crippen molar-refractivity contribution in [1.29, 1.82) is 5.26 Å². The number of anilines is 1. The van der Waals surface area contributed by atoms with Crippen LogP contribution in [0.1, 0.15) is 66.0 Å². The zero-order valence-electron chi connectivity index (χ0n) is 17.1. The minimum Gasteiger partial charge on any atom is -0.325 e. The highest BCUT2D eigenvalue weighted by Gasteiger charge is 2.23. The lowest BCUT2D eigenvalue weighted by Gasteiger charge is -2.21. The lowest BCUT2D eigenvalue weighted by molar-refractivity contribution is -0.113. The van der Waals surface area contributed by atoms with Crippen LogP contribution in [0.2, 0.25) is 0 Å². The summed E-state index contributed by atoms with van der Waals surface area (Å²) >= 11 is 1.19. The number of carbonyl (C=O) groups is 1. The number of nitrogens with one attached hydrogen (secondary N) is 2. The van der Waals surface area contributed by atoms with Gasteiger partial charge < -0.3 is 10.3 Å². The predicted molar refractivity (Wildman–Crippen MR) is 115 cm³/mol. The van der Waals surface area contributed by atoms with E-state index in [9.17, 15) is 14.9 Å². The second-order valence-corrected chi connectivity index (χ2v) is 8.65. The molecule has 6 nitrogen and oxygen atoms in total. The molecule has 7 heteroatoms. The summed E-state index contributed by atoms with van der Waals surface area (Å²) in [4.78, 5) is 32.0. The first-order valence-corrected chi connectivity index (χ1v) is 10.9. The Morgan fingerprint density at radius 2 is 1.90 bits per heavy atom. The molecule has 1 aliphatic rings. The van der Waals surface area contributed by atoms with Gasteiger partial charge in [-0.25, -0.2) is 4.98 Å². The number of aromatic amines is 1. The fraction of sp³-hybridized carbons (Fsp3) is 0.455. The van der Waals surface area contributed by atoms with Crippen molar-refractivity contribution in [2.45, 2.75) is 63.9 Å². The minimum absolute atomic E-state index is 0.108. The molecule has 0 bridgehead atoms. The van der Waals surface area contributed by atoms with Crippen molar-refractivity contribution < 1.29 is 4.79 Å². The fourth-order valence-corrected chi connectivity index (χ4v) is 4.67. The van der Waals surface area contributed by atoms with Gasteiger partial charge in [0.15, 0.2) is 5.16 Å². The van der Waals surface area contributed by atoms with Crippen molar-refractivity contribution in [1.82, 2.24) is 9.97 Å². The van der Waals surface area contributed by atoms with Gasteiger partial charge in [-0.3, -0.25) is 9.59 Å². The van der Waals surface area contributed by atoms with E-state index in [0.29, 0.717) is 10.9 Å². The van der Waals surface area contributed by atoms with Gasteiger partial charge in [-0.15, -0.1) is 0 Å². The summed E-state index contributed by atoms with van der Waals surface area (Å²) in [5.74, 6) is 0.120. The van der Waals surface area contributed by atoms with Gasteiger partial charge in [-0.2, -0.15) is 5.26 Å². The largest absolute Gasteiger partial charge is 0.325 e. The Labute approximate surface area is 175 Å². The molecule has 1 aliphatic carbocycles. The summed E-state index contributed by atoms with van der Waals surface area (Å²) in [5.41, 5.74) is 4.29. The van der Waals surface area contributed by atoms with Crippen LogP contribution in [0, 0.1) is 32.1 Å². The Morgan fingerprint density at radius 3 is 2.52 bits per heavy atom. The van der Waals surface area contributed by atoms with Crippen LogP contribution in [-0.2, 0) is 4.79 Å². The van der Waals surface area contributed by atoms with Crippen molar-refractivity contribution in [2.24, 2.45) is 0 Å². The predicted octanol–water partition coefficient (Wildman–Crippen LogP) is 4.35. The summed E-state index contributed by atoms with van der Waals surface area (Å²) in [5, 5.41) is 12.7. The third kappa shape index (κ3) is 5.07. The van der Waals surface area contributed by atoms with E-state index >= 15 is 0 Å². The number of rotatable bonds is 5. The molecule has 2 aromatic rings. The van der Waals surface area contributed by atoms with Crippen molar-refractivity contribution in [3.05, 3.63) is 50.4 Å². The molecule has 29 heavy (non-hydrogen) atoms. The Hall–Kier alpha value is -2.59. The number of aryl methyl sites for hydroxylation is 3. The number of benzene rings is 1. The van der Waals surface area contributed by atoms with Crippen LogP contribution in [0.15, 0.2) is 22.1 Å². The topological polar surface area (TPSA) is 98.6 Å². The molecule has 0 saturated heterocycles. The van der Waals surface area contributed by atoms with Crippen LogP contribution in [0.5, 0.6) is 0 Å². The number of amides is 1. The van der Waals surface area contributed by atoms with Crippen LogP contribution in [0.25, 0.3) is 0 Å². The number of thioether (sulfide) groups is 1. The number of H-pyrrole nitrogens is 1. The molecule has 1 amide bonds. The highest BCUT2D eigenvalue weighted by molar-refractivity contribution is 7.99. The standard InChI is InChI=1S/C22H26N4O2S/c1-13-9-14(2)19(15(3)10-13)24-18(27)12-29-22-25-20(16-7-5-4-6-8-16)17(11-23)21(28)26-22/h9-10,16H,4-8,12H2,1-3H3,(H,24,27)(H,25,26,28). The summed E-state index contributed by atoms with van der Waals surface area (Å²) in [6.07, 6.45) is 5.25. The summed E-state index contributed by atoms with van der Waals surface area (Å²) in [7, 11) is 0. The van der Waals surface area contributed by atoms with E-state index in [4.69, 9.17) is 0 Å². The van der Waals surface area contributed by atoms with Crippen LogP contribution in [0.4, 0.5) is 5.69 Å². The number of carbonyl (C=O) groups excluding carboxylic acids is 1. The summed E-state index contributed by atoms with van der Waals surface area (Å²) in [6, 6.07) is 6.08. The van der Waals surface area contributed by atoms with E-state index in [1.165, 1.54) is 18.2 Å². The van der Waals surface area contributed by atoms with E-state index in [1.54, 1.807) is 0 Å². The molecule has 0 radical (unpaired) electrons. The number of hydrogen-bond acceptors (Lipinski definition) is 5. The molecule has 3 rings (SSSR count). The molecule has 1 aromatic heterocycles. The number of aromatic nitrogens is 2. The first-order chi connectivity index (χ1) is 13.9. The highest BCUT2D eigenvalue weighted by Crippen LogP contribution is 2.33. The van der Waals surface area contributed by atoms with Gasteiger partial charge in [-0.1, -0.05) is 48.7 Å². The number of hydrogen-bond donors (Lipinski definition) is 2. The zero-order valence-corrected chi connectivity index (χ0v) is 17.9. The van der Waals surface area contributed by atoms with Gasteiger partial charge >= 0.3 is 0 Å². The van der Waals surface area contributed by atoms with Crippen molar-refractivity contribution in [3.8, 4) is 6.07 Å². The maximum atomic E-state index is 12.5. The Bertz CT molecular complexity index is 993. The van der Waals surface area contributed by atoms with Crippen LogP contribution in [-0.4, -0.2) is 21.6 Å². The van der Waals surface area contributed by atoms with Gasteiger partial charge in [0.1, 0.15) is 11.6 Å².